The van der Waals surface area contributed by atoms with Gasteiger partial charge in [-0.2, -0.15) is 0 Å². The second-order valence-electron chi connectivity index (χ2n) is 7.16. The molecule has 0 aliphatic rings. The van der Waals surface area contributed by atoms with Crippen molar-refractivity contribution in [1.29, 1.82) is 0 Å². The highest BCUT2D eigenvalue weighted by Gasteiger charge is 2.27. The van der Waals surface area contributed by atoms with Crippen molar-refractivity contribution in [3.63, 3.8) is 0 Å². The smallest absolute Gasteiger partial charge is 0.124 e. The minimum absolute atomic E-state index is 0.0236. The molecule has 1 aromatic rings. The number of unbranched alkanes of at least 4 members (excludes halogenated alkanes) is 2. The molecule has 0 bridgehead atoms. The maximum absolute atomic E-state index is 11.3. The van der Waals surface area contributed by atoms with Crippen LogP contribution in [0.5, 0.6) is 0 Å². The van der Waals surface area contributed by atoms with Crippen LogP contribution in [0.4, 0.5) is 0 Å². The van der Waals surface area contributed by atoms with Crippen LogP contribution in [0.15, 0.2) is 23.1 Å². The second-order valence-corrected chi connectivity index (χ2v) is 13.7. The lowest BCUT2D eigenvalue weighted by atomic mass is 9.98. The molecule has 0 aromatic heterocycles. The number of aryl methyl sites for hydroxylation is 1. The lowest BCUT2D eigenvalue weighted by Gasteiger charge is -2.20. The van der Waals surface area contributed by atoms with Crippen molar-refractivity contribution in [2.45, 2.75) is 85.0 Å². The van der Waals surface area contributed by atoms with Crippen LogP contribution in [-0.2, 0) is 23.0 Å². The van der Waals surface area contributed by atoms with Crippen LogP contribution in [0.1, 0.15) is 78.4 Å². The Morgan fingerprint density at radius 2 is 1.30 bits per heavy atom. The van der Waals surface area contributed by atoms with Gasteiger partial charge in [-0.05, 0) is 70.6 Å². The van der Waals surface area contributed by atoms with E-state index in [2.05, 4.69) is 41.5 Å². The normalized spacial score (nSPS) is 11.8. The van der Waals surface area contributed by atoms with Crippen LogP contribution in [0.2, 0.25) is 0 Å². The molecule has 5 heteroatoms. The summed E-state index contributed by atoms with van der Waals surface area (Å²) in [6.45, 7) is 13.6. The molecule has 1 rings (SSSR count). The zero-order valence-electron chi connectivity index (χ0n) is 18.4. The Balaban J connectivity index is 0.000000636. The number of hydrogen-bond acceptors (Lipinski definition) is 3. The van der Waals surface area contributed by atoms with E-state index in [1.165, 1.54) is 30.7 Å². The predicted molar refractivity (Wildman–Crippen MR) is 121 cm³/mol. The van der Waals surface area contributed by atoms with Gasteiger partial charge in [0.1, 0.15) is 10.1 Å². The highest BCUT2D eigenvalue weighted by atomic mass is 32.2. The number of rotatable bonds is 11. The van der Waals surface area contributed by atoms with Crippen LogP contribution >= 0.6 is 7.26 Å². The molecule has 27 heavy (non-hydrogen) atoms. The fourth-order valence-corrected chi connectivity index (χ4v) is 6.89. The predicted octanol–water partition coefficient (Wildman–Crippen LogP) is 6.36. The van der Waals surface area contributed by atoms with Gasteiger partial charge < -0.3 is 4.55 Å². The molecule has 0 aliphatic heterocycles. The minimum atomic E-state index is -4.36. The van der Waals surface area contributed by atoms with E-state index in [4.69, 9.17) is 0 Å². The molecule has 158 valence electrons. The highest BCUT2D eigenvalue weighted by Crippen LogP contribution is 2.57. The number of benzene rings is 1. The molecule has 0 saturated heterocycles. The summed E-state index contributed by atoms with van der Waals surface area (Å²) in [5.74, 6) is 0. The molecule has 0 saturated carbocycles. The van der Waals surface area contributed by atoms with Gasteiger partial charge in [0.25, 0.3) is 0 Å². The first kappa shape index (κ1) is 26.6. The van der Waals surface area contributed by atoms with Crippen molar-refractivity contribution < 1.29 is 13.0 Å². The Morgan fingerprint density at radius 3 is 1.67 bits per heavy atom. The third-order valence-corrected chi connectivity index (χ3v) is 12.1. The van der Waals surface area contributed by atoms with Gasteiger partial charge in [-0.3, -0.25) is 0 Å². The monoisotopic (exact) mass is 416 g/mol. The molecule has 0 spiro atoms. The van der Waals surface area contributed by atoms with Crippen molar-refractivity contribution in [1.82, 2.24) is 0 Å². The van der Waals surface area contributed by atoms with Gasteiger partial charge in [-0.15, -0.1) is 0 Å². The Labute approximate surface area is 169 Å². The fourth-order valence-electron chi connectivity index (χ4n) is 3.43. The molecular weight excluding hydrogens is 375 g/mol. The first-order chi connectivity index (χ1) is 12.7. The lowest BCUT2D eigenvalue weighted by molar-refractivity contribution is 0.461. The van der Waals surface area contributed by atoms with Crippen LogP contribution in [-0.4, -0.2) is 37.6 Å². The Bertz CT molecular complexity index is 605. The van der Waals surface area contributed by atoms with Crippen molar-refractivity contribution >= 4 is 17.4 Å². The van der Waals surface area contributed by atoms with Gasteiger partial charge in [0.05, 0.1) is 29.5 Å². The molecule has 0 atom stereocenters. The van der Waals surface area contributed by atoms with E-state index >= 15 is 0 Å². The summed E-state index contributed by atoms with van der Waals surface area (Å²) < 4.78 is 33.9. The summed E-state index contributed by atoms with van der Waals surface area (Å²) in [6, 6.07) is 5.04. The van der Waals surface area contributed by atoms with E-state index in [1.807, 2.05) is 6.07 Å². The Kier molecular flexibility index (Phi) is 13.5. The molecule has 3 nitrogen and oxygen atoms in total. The average Bonchev–Trinajstić information content (AvgIpc) is 2.67. The molecular formula is C22H41O3PS. The topological polar surface area (TPSA) is 57.2 Å². The molecule has 1 aromatic carbocycles. The standard InChI is InChI=1S/C14H22O3S.C8H20P/c1-3-5-8-12-9-7-11-14(18(15,16)17)13(12)10-6-4-2;1-5-9(6-2,7-3)8-4/h7,9,11H,3-6,8,10H2,1-2H3,(H,15,16,17);5-8H2,1-4H3/q;+1/p-1. The summed E-state index contributed by atoms with van der Waals surface area (Å²) in [4.78, 5) is -0.0236. The largest absolute Gasteiger partial charge is 0.744 e. The quantitative estimate of drug-likeness (QED) is 0.311. The molecule has 0 radical (unpaired) electrons. The maximum Gasteiger partial charge on any atom is 0.124 e. The van der Waals surface area contributed by atoms with Gasteiger partial charge in [0.15, 0.2) is 0 Å². The fraction of sp³-hybridized carbons (Fsp3) is 0.727. The van der Waals surface area contributed by atoms with E-state index < -0.39 is 17.4 Å². The zero-order chi connectivity index (χ0) is 20.9. The van der Waals surface area contributed by atoms with Gasteiger partial charge in [-0.25, -0.2) is 8.42 Å². The van der Waals surface area contributed by atoms with Crippen LogP contribution in [0.3, 0.4) is 0 Å². The molecule has 0 aliphatic carbocycles. The lowest BCUT2D eigenvalue weighted by Crippen LogP contribution is -2.07. The summed E-state index contributed by atoms with van der Waals surface area (Å²) in [6.07, 6.45) is 11.3. The maximum atomic E-state index is 11.3. The van der Waals surface area contributed by atoms with E-state index in [0.717, 1.165) is 43.2 Å². The molecule has 0 N–H and O–H groups in total. The summed E-state index contributed by atoms with van der Waals surface area (Å²) in [5.41, 5.74) is 1.75. The van der Waals surface area contributed by atoms with E-state index in [-0.39, 0.29) is 4.90 Å². The summed E-state index contributed by atoms with van der Waals surface area (Å²) in [5, 5.41) is 0. The van der Waals surface area contributed by atoms with Gasteiger partial charge in [0.2, 0.25) is 0 Å². The van der Waals surface area contributed by atoms with Crippen molar-refractivity contribution in [3.05, 3.63) is 29.3 Å². The molecule has 0 amide bonds. The first-order valence-electron chi connectivity index (χ1n) is 10.7. The van der Waals surface area contributed by atoms with E-state index in [1.54, 1.807) is 6.07 Å². The van der Waals surface area contributed by atoms with Crippen LogP contribution in [0, 0.1) is 0 Å². The second kappa shape index (κ2) is 13.7. The summed E-state index contributed by atoms with van der Waals surface area (Å²) in [7, 11) is -4.78. The Morgan fingerprint density at radius 1 is 0.815 bits per heavy atom. The van der Waals surface area contributed by atoms with E-state index in [0.29, 0.717) is 6.42 Å². The average molecular weight is 417 g/mol. The number of hydrogen-bond donors (Lipinski definition) is 0. The van der Waals surface area contributed by atoms with Gasteiger partial charge in [-0.1, -0.05) is 38.8 Å². The van der Waals surface area contributed by atoms with E-state index in [9.17, 15) is 13.0 Å². The van der Waals surface area contributed by atoms with Gasteiger partial charge in [0, 0.05) is 7.26 Å². The van der Waals surface area contributed by atoms with Gasteiger partial charge >= 0.3 is 0 Å². The molecule has 0 heterocycles. The minimum Gasteiger partial charge on any atom is -0.744 e. The van der Waals surface area contributed by atoms with Crippen molar-refractivity contribution in [2.75, 3.05) is 24.6 Å². The molecule has 0 unspecified atom stereocenters. The zero-order valence-corrected chi connectivity index (χ0v) is 20.1. The molecule has 0 fully saturated rings. The van der Waals surface area contributed by atoms with Crippen molar-refractivity contribution in [2.24, 2.45) is 0 Å². The SMILES string of the molecule is CCCCc1cccc(S(=O)(=O)[O-])c1CCCC.CC[P+](CC)(CC)CC. The Hall–Kier alpha value is -0.440. The van der Waals surface area contributed by atoms with Crippen molar-refractivity contribution in [3.8, 4) is 0 Å². The van der Waals surface area contributed by atoms with Crippen LogP contribution < -0.4 is 0 Å². The summed E-state index contributed by atoms with van der Waals surface area (Å²) >= 11 is 0. The van der Waals surface area contributed by atoms with Crippen LogP contribution in [0.25, 0.3) is 0 Å². The third-order valence-electron chi connectivity index (χ3n) is 5.76. The third kappa shape index (κ3) is 9.07. The highest BCUT2D eigenvalue weighted by molar-refractivity contribution is 7.85. The first-order valence-corrected chi connectivity index (χ1v) is 14.6.